The first kappa shape index (κ1) is 21.9. The fourth-order valence-electron chi connectivity index (χ4n) is 2.97. The lowest BCUT2D eigenvalue weighted by atomic mass is 10.1. The van der Waals surface area contributed by atoms with Crippen molar-refractivity contribution in [3.63, 3.8) is 0 Å². The van der Waals surface area contributed by atoms with E-state index < -0.39 is 0 Å². The summed E-state index contributed by atoms with van der Waals surface area (Å²) in [5.41, 5.74) is 3.21. The van der Waals surface area contributed by atoms with Crippen molar-refractivity contribution < 1.29 is 4.74 Å². The third-order valence-corrected chi connectivity index (χ3v) is 6.59. The van der Waals surface area contributed by atoms with E-state index in [1.165, 1.54) is 5.56 Å². The van der Waals surface area contributed by atoms with Crippen LogP contribution in [-0.4, -0.2) is 14.8 Å². The maximum atomic E-state index is 6.27. The molecule has 3 rings (SSSR count). The number of hydrogen-bond acceptors (Lipinski definition) is 4. The summed E-state index contributed by atoms with van der Waals surface area (Å²) in [6.07, 6.45) is 1.59. The second-order valence-corrected chi connectivity index (χ2v) is 9.02. The molecule has 0 aliphatic carbocycles. The van der Waals surface area contributed by atoms with Crippen LogP contribution >= 0.6 is 39.3 Å². The van der Waals surface area contributed by atoms with Crippen molar-refractivity contribution in [2.24, 2.45) is 0 Å². The number of aromatic nitrogens is 3. The highest BCUT2D eigenvalue weighted by atomic mass is 79.9. The third kappa shape index (κ3) is 5.44. The van der Waals surface area contributed by atoms with Crippen LogP contribution in [-0.2, 0) is 12.3 Å². The summed E-state index contributed by atoms with van der Waals surface area (Å²) in [6.45, 7) is 10.4. The van der Waals surface area contributed by atoms with Crippen LogP contribution in [0, 0.1) is 13.8 Å². The molecule has 0 saturated carbocycles. The quantitative estimate of drug-likeness (QED) is 0.252. The maximum absolute atomic E-state index is 6.27. The fourth-order valence-corrected chi connectivity index (χ4v) is 4.25. The van der Waals surface area contributed by atoms with E-state index in [1.54, 1.807) is 11.8 Å². The molecule has 0 saturated heterocycles. The summed E-state index contributed by atoms with van der Waals surface area (Å²) in [5.74, 6) is 2.36. The van der Waals surface area contributed by atoms with Crippen molar-refractivity contribution >= 4 is 39.3 Å². The summed E-state index contributed by atoms with van der Waals surface area (Å²) >= 11 is 11.4. The van der Waals surface area contributed by atoms with Crippen LogP contribution in [0.5, 0.6) is 5.75 Å². The predicted molar refractivity (Wildman–Crippen MR) is 124 cm³/mol. The molecule has 152 valence electrons. The van der Waals surface area contributed by atoms with E-state index in [9.17, 15) is 0 Å². The van der Waals surface area contributed by atoms with Gasteiger partial charge in [-0.25, -0.2) is 0 Å². The number of aryl methyl sites for hydroxylation is 2. The topological polar surface area (TPSA) is 39.9 Å². The number of benzene rings is 2. The molecule has 0 aliphatic heterocycles. The number of hydrogen-bond donors (Lipinski definition) is 0. The molecule has 0 fully saturated rings. The van der Waals surface area contributed by atoms with Gasteiger partial charge in [-0.15, -0.1) is 16.8 Å². The van der Waals surface area contributed by atoms with Crippen molar-refractivity contribution in [3.8, 4) is 5.75 Å². The Morgan fingerprint density at radius 3 is 2.48 bits per heavy atom. The van der Waals surface area contributed by atoms with Gasteiger partial charge in [-0.3, -0.25) is 4.57 Å². The predicted octanol–water partition coefficient (Wildman–Crippen LogP) is 6.93. The van der Waals surface area contributed by atoms with Crippen molar-refractivity contribution in [2.75, 3.05) is 0 Å². The van der Waals surface area contributed by atoms with Crippen LogP contribution in [0.1, 0.15) is 35.5 Å². The molecule has 0 amide bonds. The van der Waals surface area contributed by atoms with Gasteiger partial charge >= 0.3 is 0 Å². The largest absolute Gasteiger partial charge is 0.483 e. The Bertz CT molecular complexity index is 981. The van der Waals surface area contributed by atoms with Gasteiger partial charge in [0.25, 0.3) is 0 Å². The van der Waals surface area contributed by atoms with Gasteiger partial charge in [0, 0.05) is 21.8 Å². The van der Waals surface area contributed by atoms with Gasteiger partial charge in [0.2, 0.25) is 0 Å². The van der Waals surface area contributed by atoms with Gasteiger partial charge in [-0.1, -0.05) is 57.5 Å². The Hall–Kier alpha value is -1.76. The second kappa shape index (κ2) is 9.83. The molecule has 1 aromatic heterocycles. The van der Waals surface area contributed by atoms with E-state index in [4.69, 9.17) is 16.3 Å². The van der Waals surface area contributed by atoms with Crippen LogP contribution in [0.4, 0.5) is 0 Å². The molecule has 0 spiro atoms. The van der Waals surface area contributed by atoms with Crippen molar-refractivity contribution in [3.05, 3.63) is 81.1 Å². The fraction of sp³-hybridized carbons (Fsp3) is 0.273. The summed E-state index contributed by atoms with van der Waals surface area (Å²) in [4.78, 5) is 0. The van der Waals surface area contributed by atoms with E-state index in [1.807, 2.05) is 51.1 Å². The van der Waals surface area contributed by atoms with E-state index in [-0.39, 0.29) is 6.10 Å². The minimum Gasteiger partial charge on any atom is -0.483 e. The van der Waals surface area contributed by atoms with Crippen molar-refractivity contribution in [2.45, 2.75) is 44.3 Å². The van der Waals surface area contributed by atoms with E-state index in [0.717, 1.165) is 43.1 Å². The monoisotopic (exact) mass is 491 g/mol. The number of halogens is 2. The van der Waals surface area contributed by atoms with Crippen LogP contribution in [0.25, 0.3) is 0 Å². The first-order valence-electron chi connectivity index (χ1n) is 9.23. The highest BCUT2D eigenvalue weighted by molar-refractivity contribution is 9.10. The lowest BCUT2D eigenvalue weighted by Gasteiger charge is -2.17. The van der Waals surface area contributed by atoms with Crippen molar-refractivity contribution in [1.82, 2.24) is 14.8 Å². The maximum Gasteiger partial charge on any atom is 0.191 e. The molecule has 4 nitrogen and oxygen atoms in total. The van der Waals surface area contributed by atoms with Gasteiger partial charge in [0.15, 0.2) is 17.1 Å². The Morgan fingerprint density at radius 1 is 1.21 bits per heavy atom. The minimum absolute atomic E-state index is 0.260. The smallest absolute Gasteiger partial charge is 0.191 e. The molecular weight excluding hydrogens is 470 g/mol. The number of ether oxygens (including phenoxy) is 1. The van der Waals surface area contributed by atoms with E-state index >= 15 is 0 Å². The van der Waals surface area contributed by atoms with Crippen LogP contribution in [0.3, 0.4) is 0 Å². The molecule has 0 radical (unpaired) electrons. The normalized spacial score (nSPS) is 12.0. The first-order chi connectivity index (χ1) is 13.9. The SMILES string of the molecule is C=CCn1c(SCc2ccc(Br)cc2)nnc1C(C)Oc1cc(C)c(Cl)c(C)c1. The van der Waals surface area contributed by atoms with Crippen LogP contribution in [0.15, 0.2) is 58.7 Å². The molecule has 2 aromatic carbocycles. The Labute approximate surface area is 189 Å². The van der Waals surface area contributed by atoms with E-state index in [0.29, 0.717) is 6.54 Å². The molecule has 0 N–H and O–H groups in total. The van der Waals surface area contributed by atoms with Crippen LogP contribution in [0.2, 0.25) is 5.02 Å². The van der Waals surface area contributed by atoms with Crippen molar-refractivity contribution in [1.29, 1.82) is 0 Å². The van der Waals surface area contributed by atoms with Gasteiger partial charge in [-0.05, 0) is 61.7 Å². The molecule has 3 aromatic rings. The summed E-state index contributed by atoms with van der Waals surface area (Å²) in [5, 5.41) is 10.4. The number of nitrogens with zero attached hydrogens (tertiary/aromatic N) is 3. The lowest BCUT2D eigenvalue weighted by molar-refractivity contribution is 0.210. The van der Waals surface area contributed by atoms with E-state index in [2.05, 4.69) is 49.4 Å². The Morgan fingerprint density at radius 2 is 1.86 bits per heavy atom. The summed E-state index contributed by atoms with van der Waals surface area (Å²) in [6, 6.07) is 12.2. The molecule has 29 heavy (non-hydrogen) atoms. The van der Waals surface area contributed by atoms with Gasteiger partial charge in [0.05, 0.1) is 0 Å². The Kier molecular flexibility index (Phi) is 7.44. The molecule has 7 heteroatoms. The first-order valence-corrected chi connectivity index (χ1v) is 11.4. The minimum atomic E-state index is -0.260. The second-order valence-electron chi connectivity index (χ2n) is 6.79. The highest BCUT2D eigenvalue weighted by Gasteiger charge is 2.19. The van der Waals surface area contributed by atoms with Crippen LogP contribution < -0.4 is 4.74 Å². The highest BCUT2D eigenvalue weighted by Crippen LogP contribution is 2.30. The molecular formula is C22H23BrClN3OS. The number of thioether (sulfide) groups is 1. The molecule has 1 heterocycles. The average molecular weight is 493 g/mol. The van der Waals surface area contributed by atoms with Gasteiger partial charge < -0.3 is 4.74 Å². The Balaban J connectivity index is 1.78. The molecule has 1 atom stereocenters. The van der Waals surface area contributed by atoms with Gasteiger partial charge in [-0.2, -0.15) is 0 Å². The zero-order valence-electron chi connectivity index (χ0n) is 16.7. The number of allylic oxidation sites excluding steroid dienone is 1. The zero-order valence-corrected chi connectivity index (χ0v) is 19.8. The lowest BCUT2D eigenvalue weighted by Crippen LogP contribution is -2.12. The zero-order chi connectivity index (χ0) is 21.0. The summed E-state index contributed by atoms with van der Waals surface area (Å²) in [7, 11) is 0. The standard InChI is InChI=1S/C22H23BrClN3OS/c1-5-10-27-21(16(4)28-19-11-14(2)20(24)15(3)12-19)25-26-22(27)29-13-17-6-8-18(23)9-7-17/h5-9,11-12,16H,1,10,13H2,2-4H3. The molecule has 0 aliphatic rings. The summed E-state index contributed by atoms with van der Waals surface area (Å²) < 4.78 is 9.29. The average Bonchev–Trinajstić information content (AvgIpc) is 3.09. The number of rotatable bonds is 8. The molecule has 1 unspecified atom stereocenters. The van der Waals surface area contributed by atoms with Gasteiger partial charge in [0.1, 0.15) is 5.75 Å². The third-order valence-electron chi connectivity index (χ3n) is 4.42. The molecule has 0 bridgehead atoms.